The van der Waals surface area contributed by atoms with E-state index in [1.807, 2.05) is 18.3 Å². The van der Waals surface area contributed by atoms with Crippen molar-refractivity contribution in [2.24, 2.45) is 4.99 Å². The first kappa shape index (κ1) is 17.4. The molecule has 0 saturated carbocycles. The molecule has 1 aromatic heterocycles. The fourth-order valence-electron chi connectivity index (χ4n) is 3.49. The number of rotatable bonds is 5. The molecule has 0 bridgehead atoms. The standard InChI is InChI=1S/C23H24N4/c1-26(2)16-9-17-27-20-13-7-6-12-19(20)22(18-10-4-3-5-11-18)25-23-21(27)14-8-15-24-23/h3-8,10-15H,9,16-17H2,1-2H3. The third kappa shape index (κ3) is 3.62. The maximum absolute atomic E-state index is 5.00. The molecule has 0 fully saturated rings. The lowest BCUT2D eigenvalue weighted by atomic mass is 10.00. The van der Waals surface area contributed by atoms with E-state index in [0.29, 0.717) is 0 Å². The zero-order valence-electron chi connectivity index (χ0n) is 15.8. The highest BCUT2D eigenvalue weighted by Crippen LogP contribution is 2.39. The lowest BCUT2D eigenvalue weighted by Gasteiger charge is -2.26. The summed E-state index contributed by atoms with van der Waals surface area (Å²) in [4.78, 5) is 14.2. The van der Waals surface area contributed by atoms with E-state index in [-0.39, 0.29) is 0 Å². The fourth-order valence-corrected chi connectivity index (χ4v) is 3.49. The highest BCUT2D eigenvalue weighted by atomic mass is 15.2. The molecule has 0 atom stereocenters. The van der Waals surface area contributed by atoms with Crippen LogP contribution in [0.2, 0.25) is 0 Å². The summed E-state index contributed by atoms with van der Waals surface area (Å²) in [7, 11) is 4.23. The Bertz CT molecular complexity index is 947. The second-order valence-corrected chi connectivity index (χ2v) is 7.00. The highest BCUT2D eigenvalue weighted by molar-refractivity contribution is 6.18. The molecule has 0 unspecified atom stereocenters. The zero-order valence-corrected chi connectivity index (χ0v) is 15.8. The summed E-state index contributed by atoms with van der Waals surface area (Å²) < 4.78 is 0. The van der Waals surface area contributed by atoms with Gasteiger partial charge in [-0.05, 0) is 45.3 Å². The van der Waals surface area contributed by atoms with Gasteiger partial charge >= 0.3 is 0 Å². The van der Waals surface area contributed by atoms with Crippen LogP contribution in [0.5, 0.6) is 0 Å². The van der Waals surface area contributed by atoms with Crippen LogP contribution < -0.4 is 4.90 Å². The Labute approximate surface area is 160 Å². The molecular formula is C23H24N4. The summed E-state index contributed by atoms with van der Waals surface area (Å²) in [5, 5.41) is 0. The number of hydrogen-bond acceptors (Lipinski definition) is 4. The van der Waals surface area contributed by atoms with Gasteiger partial charge in [-0.25, -0.2) is 9.98 Å². The molecule has 0 spiro atoms. The van der Waals surface area contributed by atoms with Crippen LogP contribution in [-0.4, -0.2) is 42.8 Å². The summed E-state index contributed by atoms with van der Waals surface area (Å²) in [6.07, 6.45) is 2.88. The van der Waals surface area contributed by atoms with Gasteiger partial charge in [0.25, 0.3) is 0 Å². The molecule has 4 heteroatoms. The largest absolute Gasteiger partial charge is 0.338 e. The normalized spacial score (nSPS) is 13.0. The maximum atomic E-state index is 5.00. The third-order valence-electron chi connectivity index (χ3n) is 4.76. The molecule has 4 nitrogen and oxygen atoms in total. The van der Waals surface area contributed by atoms with Crippen molar-refractivity contribution >= 4 is 22.9 Å². The van der Waals surface area contributed by atoms with Crippen LogP contribution in [0.3, 0.4) is 0 Å². The molecule has 1 aliphatic rings. The van der Waals surface area contributed by atoms with Gasteiger partial charge in [-0.1, -0.05) is 48.5 Å². The van der Waals surface area contributed by atoms with Crippen LogP contribution in [0.25, 0.3) is 0 Å². The van der Waals surface area contributed by atoms with Crippen LogP contribution >= 0.6 is 0 Å². The lowest BCUT2D eigenvalue weighted by Crippen LogP contribution is -2.24. The third-order valence-corrected chi connectivity index (χ3v) is 4.76. The van der Waals surface area contributed by atoms with E-state index in [1.54, 1.807) is 0 Å². The zero-order chi connectivity index (χ0) is 18.6. The highest BCUT2D eigenvalue weighted by Gasteiger charge is 2.23. The molecule has 0 saturated heterocycles. The van der Waals surface area contributed by atoms with Gasteiger partial charge in [-0.15, -0.1) is 0 Å². The van der Waals surface area contributed by atoms with Crippen LogP contribution in [0, 0.1) is 0 Å². The number of aromatic nitrogens is 1. The van der Waals surface area contributed by atoms with Gasteiger partial charge in [0, 0.05) is 23.9 Å². The second-order valence-electron chi connectivity index (χ2n) is 7.00. The van der Waals surface area contributed by atoms with Gasteiger partial charge < -0.3 is 9.80 Å². The summed E-state index contributed by atoms with van der Waals surface area (Å²) in [6, 6.07) is 23.0. The minimum atomic E-state index is 0.775. The van der Waals surface area contributed by atoms with E-state index in [9.17, 15) is 0 Å². The Balaban J connectivity index is 1.86. The molecule has 2 aromatic carbocycles. The van der Waals surface area contributed by atoms with Crippen molar-refractivity contribution in [3.63, 3.8) is 0 Å². The molecule has 136 valence electrons. The summed E-state index contributed by atoms with van der Waals surface area (Å²) >= 11 is 0. The van der Waals surface area contributed by atoms with E-state index in [2.05, 4.69) is 83.5 Å². The number of pyridine rings is 1. The molecule has 2 heterocycles. The fraction of sp³-hybridized carbons (Fsp3) is 0.217. The van der Waals surface area contributed by atoms with E-state index in [0.717, 1.165) is 47.9 Å². The van der Waals surface area contributed by atoms with Crippen LogP contribution in [-0.2, 0) is 0 Å². The average molecular weight is 356 g/mol. The first-order valence-electron chi connectivity index (χ1n) is 9.35. The first-order valence-corrected chi connectivity index (χ1v) is 9.35. The lowest BCUT2D eigenvalue weighted by molar-refractivity contribution is 0.402. The summed E-state index contributed by atoms with van der Waals surface area (Å²) in [5.74, 6) is 0.775. The van der Waals surface area contributed by atoms with Crippen molar-refractivity contribution in [1.29, 1.82) is 0 Å². The van der Waals surface area contributed by atoms with Gasteiger partial charge in [0.15, 0.2) is 5.82 Å². The number of benzene rings is 2. The Morgan fingerprint density at radius 2 is 1.59 bits per heavy atom. The molecule has 27 heavy (non-hydrogen) atoms. The Morgan fingerprint density at radius 3 is 2.41 bits per heavy atom. The SMILES string of the molecule is CN(C)CCCN1c2ccccc2C(c2ccccc2)=Nc2ncccc21. The topological polar surface area (TPSA) is 31.7 Å². The van der Waals surface area contributed by atoms with Crippen molar-refractivity contribution in [1.82, 2.24) is 9.88 Å². The molecule has 0 aliphatic carbocycles. The second kappa shape index (κ2) is 7.72. The monoisotopic (exact) mass is 356 g/mol. The van der Waals surface area contributed by atoms with E-state index >= 15 is 0 Å². The number of para-hydroxylation sites is 1. The Hall–Kier alpha value is -2.98. The van der Waals surface area contributed by atoms with Crippen molar-refractivity contribution in [2.45, 2.75) is 6.42 Å². The number of nitrogens with zero attached hydrogens (tertiary/aromatic N) is 4. The van der Waals surface area contributed by atoms with Crippen LogP contribution in [0.1, 0.15) is 17.5 Å². The molecule has 3 aromatic rings. The van der Waals surface area contributed by atoms with Crippen molar-refractivity contribution in [3.8, 4) is 0 Å². The smallest absolute Gasteiger partial charge is 0.176 e. The van der Waals surface area contributed by atoms with Gasteiger partial charge in [-0.3, -0.25) is 0 Å². The molecule has 4 rings (SSSR count). The maximum Gasteiger partial charge on any atom is 0.176 e. The van der Waals surface area contributed by atoms with E-state index < -0.39 is 0 Å². The summed E-state index contributed by atoms with van der Waals surface area (Å²) in [6.45, 7) is 1.96. The van der Waals surface area contributed by atoms with Crippen molar-refractivity contribution < 1.29 is 0 Å². The number of anilines is 2. The minimum absolute atomic E-state index is 0.775. The predicted molar refractivity (Wildman–Crippen MR) is 113 cm³/mol. The number of fused-ring (bicyclic) bond motifs is 2. The van der Waals surface area contributed by atoms with Gasteiger partial charge in [0.05, 0.1) is 17.1 Å². The quantitative estimate of drug-likeness (QED) is 0.667. The van der Waals surface area contributed by atoms with Crippen LogP contribution in [0.15, 0.2) is 77.9 Å². The van der Waals surface area contributed by atoms with E-state index in [1.165, 1.54) is 5.69 Å². The van der Waals surface area contributed by atoms with Gasteiger partial charge in [0.2, 0.25) is 0 Å². The van der Waals surface area contributed by atoms with Gasteiger partial charge in [0.1, 0.15) is 0 Å². The molecular weight excluding hydrogens is 332 g/mol. The Morgan fingerprint density at radius 1 is 0.852 bits per heavy atom. The molecule has 0 radical (unpaired) electrons. The molecule has 1 aliphatic heterocycles. The van der Waals surface area contributed by atoms with Gasteiger partial charge in [-0.2, -0.15) is 0 Å². The van der Waals surface area contributed by atoms with Crippen LogP contribution in [0.4, 0.5) is 17.2 Å². The minimum Gasteiger partial charge on any atom is -0.338 e. The van der Waals surface area contributed by atoms with Crippen molar-refractivity contribution in [2.75, 3.05) is 32.1 Å². The summed E-state index contributed by atoms with van der Waals surface area (Å²) in [5.41, 5.74) is 5.48. The Kier molecular flexibility index (Phi) is 4.99. The first-order chi connectivity index (χ1) is 13.2. The van der Waals surface area contributed by atoms with Crippen molar-refractivity contribution in [3.05, 3.63) is 84.1 Å². The average Bonchev–Trinajstić information content (AvgIpc) is 2.84. The van der Waals surface area contributed by atoms with E-state index in [4.69, 9.17) is 4.99 Å². The number of hydrogen-bond donors (Lipinski definition) is 0. The number of aliphatic imine (C=N–C) groups is 1. The molecule has 0 N–H and O–H groups in total. The molecule has 0 amide bonds. The predicted octanol–water partition coefficient (Wildman–Crippen LogP) is 4.65.